The number of para-hydroxylation sites is 2. The van der Waals surface area contributed by atoms with E-state index in [0.717, 1.165) is 22.7 Å². The Morgan fingerprint density at radius 3 is 1.58 bits per heavy atom. The van der Waals surface area contributed by atoms with Gasteiger partial charge in [0.15, 0.2) is 5.66 Å². The molecule has 2 nitrogen and oxygen atoms in total. The third-order valence-corrected chi connectivity index (χ3v) is 15.6. The van der Waals surface area contributed by atoms with E-state index in [2.05, 4.69) is 252 Å². The maximum Gasteiger partial charge on any atom is 0.175 e. The van der Waals surface area contributed by atoms with Gasteiger partial charge in [0.05, 0.1) is 11.1 Å². The van der Waals surface area contributed by atoms with Crippen LogP contribution < -0.4 is 9.80 Å². The summed E-state index contributed by atoms with van der Waals surface area (Å²) in [6.07, 6.45) is 0. The molecule has 11 aromatic rings. The summed E-state index contributed by atoms with van der Waals surface area (Å²) in [7, 11) is 0. The van der Waals surface area contributed by atoms with Gasteiger partial charge in [0.2, 0.25) is 0 Å². The first-order valence-corrected chi connectivity index (χ1v) is 23.3. The van der Waals surface area contributed by atoms with Crippen molar-refractivity contribution in [3.8, 4) is 32.7 Å². The van der Waals surface area contributed by atoms with Crippen LogP contribution in [0.2, 0.25) is 0 Å². The molecule has 0 N–H and O–H groups in total. The van der Waals surface area contributed by atoms with Crippen molar-refractivity contribution in [2.24, 2.45) is 0 Å². The lowest BCUT2D eigenvalue weighted by atomic mass is 9.60. The van der Waals surface area contributed by atoms with E-state index in [9.17, 15) is 0 Å². The van der Waals surface area contributed by atoms with Crippen molar-refractivity contribution in [3.63, 3.8) is 0 Å². The van der Waals surface area contributed by atoms with Gasteiger partial charge in [-0.15, -0.1) is 11.3 Å². The molecule has 1 heterocycles. The molecule has 3 heteroatoms. The van der Waals surface area contributed by atoms with Crippen molar-refractivity contribution in [1.29, 1.82) is 0 Å². The predicted octanol–water partition coefficient (Wildman–Crippen LogP) is 16.3. The monoisotopic (exact) mass is 844 g/mol. The number of hydrogen-bond acceptors (Lipinski definition) is 3. The third kappa shape index (κ3) is 4.78. The molecule has 1 spiro atoms. The number of nitrogens with zero attached hydrogens (tertiary/aromatic N) is 2. The van der Waals surface area contributed by atoms with Crippen LogP contribution in [-0.2, 0) is 11.1 Å². The Kier molecular flexibility index (Phi) is 7.73. The molecule has 2 unspecified atom stereocenters. The summed E-state index contributed by atoms with van der Waals surface area (Å²) >= 11 is 1.95. The number of hydrogen-bond donors (Lipinski definition) is 0. The second-order valence-corrected chi connectivity index (χ2v) is 18.5. The molecule has 0 bridgehead atoms. The van der Waals surface area contributed by atoms with Crippen molar-refractivity contribution < 1.29 is 0 Å². The van der Waals surface area contributed by atoms with Crippen molar-refractivity contribution in [2.75, 3.05) is 9.80 Å². The van der Waals surface area contributed by atoms with Crippen LogP contribution in [0.4, 0.5) is 22.7 Å². The van der Waals surface area contributed by atoms with Crippen molar-refractivity contribution >= 4 is 54.9 Å². The molecule has 14 rings (SSSR count). The van der Waals surface area contributed by atoms with E-state index in [1.807, 2.05) is 11.3 Å². The molecule has 0 radical (unpaired) electrons. The normalized spacial score (nSPS) is 17.0. The number of rotatable bonds is 7. The Morgan fingerprint density at radius 1 is 0.323 bits per heavy atom. The van der Waals surface area contributed by atoms with Gasteiger partial charge in [-0.25, -0.2) is 0 Å². The fourth-order valence-electron chi connectivity index (χ4n) is 12.1. The van der Waals surface area contributed by atoms with Gasteiger partial charge in [0.25, 0.3) is 0 Å². The number of anilines is 4. The molecule has 0 fully saturated rings. The maximum atomic E-state index is 2.69. The van der Waals surface area contributed by atoms with Crippen LogP contribution in [0, 0.1) is 0 Å². The summed E-state index contributed by atoms with van der Waals surface area (Å²) < 4.78 is 1.33. The fraction of sp³-hybridized carbons (Fsp3) is 0.0323. The Hall–Kier alpha value is -7.98. The molecule has 2 atom stereocenters. The van der Waals surface area contributed by atoms with E-state index >= 15 is 0 Å². The smallest absolute Gasteiger partial charge is 0.175 e. The third-order valence-electron chi connectivity index (χ3n) is 14.4. The van der Waals surface area contributed by atoms with Gasteiger partial charge in [-0.05, 0) is 109 Å². The highest BCUT2D eigenvalue weighted by Crippen LogP contribution is 2.73. The summed E-state index contributed by atoms with van der Waals surface area (Å²) in [5, 5.41) is 3.73. The second-order valence-electron chi connectivity index (χ2n) is 17.5. The van der Waals surface area contributed by atoms with Gasteiger partial charge in [0.1, 0.15) is 0 Å². The highest BCUT2D eigenvalue weighted by molar-refractivity contribution is 7.22. The van der Waals surface area contributed by atoms with E-state index in [0.29, 0.717) is 0 Å². The van der Waals surface area contributed by atoms with Crippen molar-refractivity contribution in [3.05, 3.63) is 276 Å². The van der Waals surface area contributed by atoms with Crippen LogP contribution in [0.5, 0.6) is 0 Å². The Balaban J connectivity index is 1.22. The lowest BCUT2D eigenvalue weighted by Gasteiger charge is -2.58. The van der Waals surface area contributed by atoms with Gasteiger partial charge >= 0.3 is 0 Å². The Labute approximate surface area is 382 Å². The lowest BCUT2D eigenvalue weighted by Crippen LogP contribution is -2.60. The molecular weight excluding hydrogens is 805 g/mol. The minimum Gasteiger partial charge on any atom is -0.310 e. The predicted molar refractivity (Wildman–Crippen MR) is 272 cm³/mol. The lowest BCUT2D eigenvalue weighted by molar-refractivity contribution is 0.495. The Morgan fingerprint density at radius 2 is 0.831 bits per heavy atom. The van der Waals surface area contributed by atoms with Crippen LogP contribution >= 0.6 is 11.3 Å². The quantitative estimate of drug-likeness (QED) is 0.148. The highest BCUT2D eigenvalue weighted by atomic mass is 32.1. The Bertz CT molecular complexity index is 3670. The fourth-order valence-corrected chi connectivity index (χ4v) is 13.4. The molecule has 0 saturated carbocycles. The molecule has 10 aromatic carbocycles. The van der Waals surface area contributed by atoms with Gasteiger partial charge in [-0.2, -0.15) is 0 Å². The zero-order valence-electron chi connectivity index (χ0n) is 35.4. The first-order chi connectivity index (χ1) is 32.3. The van der Waals surface area contributed by atoms with Crippen LogP contribution in [0.15, 0.2) is 243 Å². The average molecular weight is 845 g/mol. The van der Waals surface area contributed by atoms with Crippen LogP contribution in [-0.4, -0.2) is 0 Å². The van der Waals surface area contributed by atoms with Crippen LogP contribution in [0.1, 0.15) is 33.4 Å². The minimum atomic E-state index is -1.01. The summed E-state index contributed by atoms with van der Waals surface area (Å²) in [5.41, 5.74) is 17.2. The van der Waals surface area contributed by atoms with Gasteiger partial charge in [-0.1, -0.05) is 194 Å². The van der Waals surface area contributed by atoms with E-state index < -0.39 is 11.1 Å². The summed E-state index contributed by atoms with van der Waals surface area (Å²) in [6, 6.07) is 90.7. The first-order valence-electron chi connectivity index (χ1n) is 22.5. The van der Waals surface area contributed by atoms with E-state index in [-0.39, 0.29) is 0 Å². The minimum absolute atomic E-state index is 0.548. The summed E-state index contributed by atoms with van der Waals surface area (Å²) in [5.74, 6) is 0. The molecule has 65 heavy (non-hydrogen) atoms. The van der Waals surface area contributed by atoms with E-state index in [4.69, 9.17) is 0 Å². The standard InChI is InChI=1S/C62H40N2S/c1-4-19-41(20-5-1)42-37-39-46(40-38-42)63(44-23-6-2-7-24-44)62(64(45-25-8-3-9-26-45)55-35-16-22-43-21-10-11-27-47(43)55)53-33-17-30-49-48-28-12-14-32-52(48)61(57(49)53)58-51(31-18-34-54(58)62)60-59(61)50-29-13-15-36-56(50)65-60/h1-40H. The molecule has 304 valence electrons. The molecule has 3 aliphatic carbocycles. The number of thiophene rings is 1. The first kappa shape index (κ1) is 36.5. The van der Waals surface area contributed by atoms with E-state index in [1.54, 1.807) is 0 Å². The summed E-state index contributed by atoms with van der Waals surface area (Å²) in [6.45, 7) is 0. The maximum absolute atomic E-state index is 2.69. The number of benzene rings is 10. The van der Waals surface area contributed by atoms with Gasteiger partial charge in [0, 0.05) is 43.2 Å². The molecule has 3 aliphatic rings. The highest BCUT2D eigenvalue weighted by Gasteiger charge is 2.65. The van der Waals surface area contributed by atoms with E-state index in [1.165, 1.54) is 86.9 Å². The average Bonchev–Trinajstić information content (AvgIpc) is 4.01. The zero-order valence-corrected chi connectivity index (χ0v) is 36.2. The summed E-state index contributed by atoms with van der Waals surface area (Å²) in [4.78, 5) is 6.72. The van der Waals surface area contributed by atoms with Crippen molar-refractivity contribution in [1.82, 2.24) is 0 Å². The molecule has 0 saturated heterocycles. The van der Waals surface area contributed by atoms with Crippen LogP contribution in [0.25, 0.3) is 53.6 Å². The van der Waals surface area contributed by atoms with Crippen LogP contribution in [0.3, 0.4) is 0 Å². The zero-order chi connectivity index (χ0) is 42.7. The second kappa shape index (κ2) is 13.8. The molecular formula is C62H40N2S. The number of fused-ring (bicyclic) bond motifs is 7. The molecule has 1 aromatic heterocycles. The van der Waals surface area contributed by atoms with Crippen molar-refractivity contribution in [2.45, 2.75) is 11.1 Å². The topological polar surface area (TPSA) is 6.48 Å². The van der Waals surface area contributed by atoms with Gasteiger partial charge in [-0.3, -0.25) is 0 Å². The SMILES string of the molecule is c1ccc(-c2ccc(N(c3ccccc3)C3(N(c4ccccc4)c4cccc5ccccc45)c4cccc5c4C4(c6ccccc6-5)c5c(cccc53)-c3sc5ccccc5c34)cc2)cc1. The van der Waals surface area contributed by atoms with Gasteiger partial charge < -0.3 is 9.80 Å². The molecule has 0 amide bonds. The molecule has 0 aliphatic heterocycles. The largest absolute Gasteiger partial charge is 0.310 e.